The molecule has 0 atom stereocenters. The highest BCUT2D eigenvalue weighted by Gasteiger charge is 2.29. The number of anilines is 1. The quantitative estimate of drug-likeness (QED) is 0.594. The number of ether oxygens (including phenoxy) is 2. The first kappa shape index (κ1) is 20.8. The second-order valence-corrected chi connectivity index (χ2v) is 9.74. The van der Waals surface area contributed by atoms with Gasteiger partial charge in [0.1, 0.15) is 0 Å². The fraction of sp³-hybridized carbons (Fsp3) is 0.364. The molecule has 9 nitrogen and oxygen atoms in total. The van der Waals surface area contributed by atoms with E-state index in [0.29, 0.717) is 50.7 Å². The largest absolute Gasteiger partial charge is 0.441 e. The van der Waals surface area contributed by atoms with Crippen molar-refractivity contribution in [2.24, 2.45) is 0 Å². The fourth-order valence-corrected chi connectivity index (χ4v) is 5.61. The van der Waals surface area contributed by atoms with Crippen molar-refractivity contribution < 1.29 is 22.7 Å². The molecule has 10 heteroatoms. The van der Waals surface area contributed by atoms with E-state index in [2.05, 4.69) is 9.88 Å². The number of amides is 1. The maximum Gasteiger partial charge on any atom is 0.410 e. The Morgan fingerprint density at radius 3 is 2.47 bits per heavy atom. The van der Waals surface area contributed by atoms with Crippen molar-refractivity contribution in [1.82, 2.24) is 13.9 Å². The zero-order valence-corrected chi connectivity index (χ0v) is 18.5. The van der Waals surface area contributed by atoms with Crippen LogP contribution in [-0.4, -0.2) is 73.9 Å². The van der Waals surface area contributed by atoms with Gasteiger partial charge in [-0.1, -0.05) is 18.2 Å². The molecule has 168 valence electrons. The number of carbonyl (C=O) groups is 1. The molecule has 2 saturated heterocycles. The van der Waals surface area contributed by atoms with Crippen LogP contribution in [0.5, 0.6) is 0 Å². The monoisotopic (exact) mass is 456 g/mol. The van der Waals surface area contributed by atoms with Crippen LogP contribution in [-0.2, 0) is 19.5 Å². The van der Waals surface area contributed by atoms with E-state index in [1.807, 2.05) is 12.1 Å². The number of pyridine rings is 1. The van der Waals surface area contributed by atoms with Gasteiger partial charge in [0.25, 0.3) is 10.0 Å². The lowest BCUT2D eigenvalue weighted by Gasteiger charge is -2.37. The van der Waals surface area contributed by atoms with Crippen LogP contribution in [0.4, 0.5) is 10.5 Å². The molecule has 2 aliphatic rings. The third-order valence-corrected chi connectivity index (χ3v) is 7.66. The van der Waals surface area contributed by atoms with Gasteiger partial charge in [-0.25, -0.2) is 22.2 Å². The predicted octanol–water partition coefficient (Wildman–Crippen LogP) is 2.24. The first-order valence-electron chi connectivity index (χ1n) is 10.5. The lowest BCUT2D eigenvalue weighted by Crippen LogP contribution is -2.51. The molecule has 2 fully saturated rings. The standard InChI is InChI=1S/C22H24N4O5S/c1-16-13-19-20(24-9-11-25(12-10-24)22(27)31-17-14-30-15-17)7-8-23-21(19)26(16)32(28,29)18-5-3-2-4-6-18/h2-8,13,17H,9-12,14-15H2,1H3. The number of hydrogen-bond donors (Lipinski definition) is 0. The zero-order valence-electron chi connectivity index (χ0n) is 17.7. The molecule has 4 heterocycles. The summed E-state index contributed by atoms with van der Waals surface area (Å²) in [6, 6.07) is 12.1. The van der Waals surface area contributed by atoms with E-state index < -0.39 is 10.0 Å². The molecule has 2 aliphatic heterocycles. The average Bonchev–Trinajstić information content (AvgIpc) is 3.13. The lowest BCUT2D eigenvalue weighted by atomic mass is 10.2. The second kappa shape index (κ2) is 8.10. The summed E-state index contributed by atoms with van der Waals surface area (Å²) in [5.41, 5.74) is 1.89. The molecule has 0 N–H and O–H groups in total. The molecular formula is C22H24N4O5S. The van der Waals surface area contributed by atoms with Crippen LogP contribution in [0.25, 0.3) is 11.0 Å². The Labute approximate surface area is 186 Å². The van der Waals surface area contributed by atoms with Crippen molar-refractivity contribution in [1.29, 1.82) is 0 Å². The summed E-state index contributed by atoms with van der Waals surface area (Å²) >= 11 is 0. The molecule has 0 bridgehead atoms. The normalized spacial score (nSPS) is 17.4. The number of aromatic nitrogens is 2. The third kappa shape index (κ3) is 3.59. The van der Waals surface area contributed by atoms with Crippen LogP contribution in [0.3, 0.4) is 0 Å². The van der Waals surface area contributed by atoms with Crippen molar-refractivity contribution in [3.05, 3.63) is 54.4 Å². The molecule has 1 aromatic carbocycles. The Bertz CT molecular complexity index is 1250. The number of nitrogens with zero attached hydrogens (tertiary/aromatic N) is 4. The maximum absolute atomic E-state index is 13.3. The molecule has 0 saturated carbocycles. The minimum absolute atomic E-state index is 0.144. The summed E-state index contributed by atoms with van der Waals surface area (Å²) in [6.07, 6.45) is 1.18. The van der Waals surface area contributed by atoms with Gasteiger partial charge in [0, 0.05) is 49.1 Å². The lowest BCUT2D eigenvalue weighted by molar-refractivity contribution is -0.104. The third-order valence-electron chi connectivity index (χ3n) is 5.85. The number of benzene rings is 1. The first-order valence-corrected chi connectivity index (χ1v) is 11.9. The highest BCUT2D eigenvalue weighted by molar-refractivity contribution is 7.90. The van der Waals surface area contributed by atoms with Gasteiger partial charge in [0.2, 0.25) is 0 Å². The summed E-state index contributed by atoms with van der Waals surface area (Å²) in [5, 5.41) is 0.771. The molecule has 0 unspecified atom stereocenters. The first-order chi connectivity index (χ1) is 15.4. The smallest absolute Gasteiger partial charge is 0.410 e. The number of rotatable bonds is 4. The number of carbonyl (C=O) groups excluding carboxylic acids is 1. The Kier molecular flexibility index (Phi) is 5.26. The van der Waals surface area contributed by atoms with Crippen molar-refractivity contribution in [2.45, 2.75) is 17.9 Å². The summed E-state index contributed by atoms with van der Waals surface area (Å²) in [6.45, 7) is 4.97. The number of aryl methyl sites for hydroxylation is 1. The Morgan fingerprint density at radius 1 is 1.09 bits per heavy atom. The fourth-order valence-electron chi connectivity index (χ4n) is 4.09. The van der Waals surface area contributed by atoms with Crippen LogP contribution in [0.2, 0.25) is 0 Å². The van der Waals surface area contributed by atoms with Gasteiger partial charge in [0.05, 0.1) is 18.1 Å². The number of fused-ring (bicyclic) bond motifs is 1. The van der Waals surface area contributed by atoms with Gasteiger partial charge in [-0.05, 0) is 31.2 Å². The van der Waals surface area contributed by atoms with Gasteiger partial charge >= 0.3 is 6.09 Å². The van der Waals surface area contributed by atoms with Gasteiger partial charge < -0.3 is 19.3 Å². The van der Waals surface area contributed by atoms with Crippen LogP contribution in [0.1, 0.15) is 5.69 Å². The summed E-state index contributed by atoms with van der Waals surface area (Å²) in [7, 11) is -3.77. The highest BCUT2D eigenvalue weighted by atomic mass is 32.2. The molecule has 1 amide bonds. The summed E-state index contributed by atoms with van der Waals surface area (Å²) in [5.74, 6) is 0. The Hall–Kier alpha value is -3.11. The summed E-state index contributed by atoms with van der Waals surface area (Å²) in [4.78, 5) is 20.8. The van der Waals surface area contributed by atoms with E-state index in [-0.39, 0.29) is 17.1 Å². The molecule has 2 aromatic heterocycles. The molecule has 3 aromatic rings. The van der Waals surface area contributed by atoms with Crippen LogP contribution < -0.4 is 4.90 Å². The van der Waals surface area contributed by atoms with E-state index in [1.165, 1.54) is 3.97 Å². The highest BCUT2D eigenvalue weighted by Crippen LogP contribution is 2.31. The Balaban J connectivity index is 1.41. The molecule has 0 aliphatic carbocycles. The van der Waals surface area contributed by atoms with Crippen molar-refractivity contribution in [3.8, 4) is 0 Å². The molecule has 5 rings (SSSR count). The molecule has 0 radical (unpaired) electrons. The molecule has 0 spiro atoms. The minimum atomic E-state index is -3.77. The molecular weight excluding hydrogens is 432 g/mol. The van der Waals surface area contributed by atoms with Crippen molar-refractivity contribution in [3.63, 3.8) is 0 Å². The predicted molar refractivity (Wildman–Crippen MR) is 118 cm³/mol. The van der Waals surface area contributed by atoms with Crippen molar-refractivity contribution >= 4 is 32.8 Å². The minimum Gasteiger partial charge on any atom is -0.441 e. The van der Waals surface area contributed by atoms with E-state index in [9.17, 15) is 13.2 Å². The van der Waals surface area contributed by atoms with Crippen LogP contribution in [0.15, 0.2) is 53.6 Å². The van der Waals surface area contributed by atoms with Crippen molar-refractivity contribution in [2.75, 3.05) is 44.3 Å². The molecule has 32 heavy (non-hydrogen) atoms. The topological polar surface area (TPSA) is 94.0 Å². The van der Waals surface area contributed by atoms with Crippen LogP contribution in [0, 0.1) is 6.92 Å². The zero-order chi connectivity index (χ0) is 22.3. The maximum atomic E-state index is 13.3. The second-order valence-electron chi connectivity index (χ2n) is 7.95. The Morgan fingerprint density at radius 2 is 1.81 bits per heavy atom. The number of piperazine rings is 1. The van der Waals surface area contributed by atoms with Gasteiger partial charge in [-0.3, -0.25) is 0 Å². The number of hydrogen-bond acceptors (Lipinski definition) is 7. The van der Waals surface area contributed by atoms with E-state index in [4.69, 9.17) is 9.47 Å². The van der Waals surface area contributed by atoms with Gasteiger partial charge in [0.15, 0.2) is 11.8 Å². The van der Waals surface area contributed by atoms with E-state index in [1.54, 1.807) is 48.4 Å². The van der Waals surface area contributed by atoms with Gasteiger partial charge in [-0.2, -0.15) is 0 Å². The average molecular weight is 457 g/mol. The van der Waals surface area contributed by atoms with Crippen LogP contribution >= 0.6 is 0 Å². The van der Waals surface area contributed by atoms with E-state index in [0.717, 1.165) is 11.1 Å². The SMILES string of the molecule is Cc1cc2c(N3CCN(C(=O)OC4COC4)CC3)ccnc2n1S(=O)(=O)c1ccccc1. The van der Waals surface area contributed by atoms with E-state index >= 15 is 0 Å². The van der Waals surface area contributed by atoms with Gasteiger partial charge in [-0.15, -0.1) is 0 Å². The summed E-state index contributed by atoms with van der Waals surface area (Å²) < 4.78 is 38.3.